The summed E-state index contributed by atoms with van der Waals surface area (Å²) in [4.78, 5) is 0. The second-order valence-electron chi connectivity index (χ2n) is 21.5. The van der Waals surface area contributed by atoms with E-state index in [1.54, 1.807) is 0 Å². The molecule has 16 rings (SSSR count). The van der Waals surface area contributed by atoms with E-state index in [0.29, 0.717) is 5.92 Å². The molecule has 4 aromatic heterocycles. The van der Waals surface area contributed by atoms with Crippen molar-refractivity contribution in [3.8, 4) is 61.6 Å². The number of hydrogen-bond acceptors (Lipinski definition) is 1. The van der Waals surface area contributed by atoms with Crippen molar-refractivity contribution in [2.45, 2.75) is 38.0 Å². The lowest BCUT2D eigenvalue weighted by Crippen LogP contribution is -2.04. The zero-order chi connectivity index (χ0) is 51.3. The fourth-order valence-electron chi connectivity index (χ4n) is 13.3. The van der Waals surface area contributed by atoms with Crippen LogP contribution in [0.25, 0.3) is 138 Å². The summed E-state index contributed by atoms with van der Waals surface area (Å²) in [6.45, 7) is 0. The third kappa shape index (κ3) is 7.20. The Labute approximate surface area is 452 Å². The Morgan fingerprint density at radius 3 is 1.51 bits per heavy atom. The molecule has 4 heterocycles. The number of hydrogen-bond donors (Lipinski definition) is 0. The molecule has 370 valence electrons. The number of para-hydroxylation sites is 3. The van der Waals surface area contributed by atoms with Crippen molar-refractivity contribution in [2.75, 3.05) is 0 Å². The van der Waals surface area contributed by atoms with E-state index in [2.05, 4.69) is 268 Å². The molecule has 1 saturated carbocycles. The zero-order valence-electron chi connectivity index (χ0n) is 43.1. The lowest BCUT2D eigenvalue weighted by molar-refractivity contribution is 0.443. The lowest BCUT2D eigenvalue weighted by atomic mass is 9.83. The van der Waals surface area contributed by atoms with Crippen LogP contribution in [0.1, 0.15) is 43.6 Å². The van der Waals surface area contributed by atoms with E-state index < -0.39 is 0 Å². The predicted molar refractivity (Wildman–Crippen MR) is 327 cm³/mol. The van der Waals surface area contributed by atoms with Crippen LogP contribution in [0.15, 0.2) is 259 Å². The first-order chi connectivity index (χ1) is 38.7. The van der Waals surface area contributed by atoms with Crippen LogP contribution >= 0.6 is 0 Å². The molecule has 4 heteroatoms. The summed E-state index contributed by atoms with van der Waals surface area (Å²) in [5.41, 5.74) is 22.0. The molecule has 0 aliphatic heterocycles. The van der Waals surface area contributed by atoms with Crippen LogP contribution in [0.3, 0.4) is 0 Å². The second-order valence-corrected chi connectivity index (χ2v) is 21.5. The molecule has 0 amide bonds. The average molecular weight is 1000 g/mol. The summed E-state index contributed by atoms with van der Waals surface area (Å²) in [5.74, 6) is 0.708. The van der Waals surface area contributed by atoms with Gasteiger partial charge in [0.2, 0.25) is 0 Å². The van der Waals surface area contributed by atoms with Crippen molar-refractivity contribution in [3.05, 3.63) is 260 Å². The van der Waals surface area contributed by atoms with Crippen LogP contribution in [0.4, 0.5) is 0 Å². The Bertz CT molecular complexity index is 4810. The predicted octanol–water partition coefficient (Wildman–Crippen LogP) is 20.4. The van der Waals surface area contributed by atoms with Crippen LogP contribution in [0, 0.1) is 0 Å². The summed E-state index contributed by atoms with van der Waals surface area (Å²) in [6.07, 6.45) is 6.73. The van der Waals surface area contributed by atoms with Crippen molar-refractivity contribution >= 4 is 76.6 Å². The largest absolute Gasteiger partial charge is 0.456 e. The Kier molecular flexibility index (Phi) is 10.3. The van der Waals surface area contributed by atoms with E-state index in [-0.39, 0.29) is 0 Å². The first-order valence-electron chi connectivity index (χ1n) is 27.7. The van der Waals surface area contributed by atoms with Crippen LogP contribution in [-0.2, 0) is 0 Å². The van der Waals surface area contributed by atoms with Crippen LogP contribution in [-0.4, -0.2) is 13.7 Å². The number of furan rings is 1. The normalized spacial score (nSPS) is 13.3. The molecule has 11 aromatic carbocycles. The highest BCUT2D eigenvalue weighted by molar-refractivity contribution is 6.23. The van der Waals surface area contributed by atoms with E-state index in [9.17, 15) is 0 Å². The van der Waals surface area contributed by atoms with Crippen molar-refractivity contribution in [1.29, 1.82) is 0 Å². The molecule has 0 unspecified atom stereocenters. The molecule has 0 N–H and O–H groups in total. The molecular formula is C74H53N3O. The van der Waals surface area contributed by atoms with Gasteiger partial charge in [0.25, 0.3) is 0 Å². The summed E-state index contributed by atoms with van der Waals surface area (Å²) >= 11 is 0. The summed E-state index contributed by atoms with van der Waals surface area (Å²) in [7, 11) is 0. The maximum absolute atomic E-state index is 6.56. The molecule has 1 aliphatic rings. The molecule has 15 aromatic rings. The third-order valence-corrected chi connectivity index (χ3v) is 17.0. The second kappa shape index (κ2) is 18.0. The molecule has 78 heavy (non-hydrogen) atoms. The molecular weight excluding hydrogens is 947 g/mol. The fourth-order valence-corrected chi connectivity index (χ4v) is 13.3. The Hall–Kier alpha value is -9.64. The first-order valence-corrected chi connectivity index (χ1v) is 27.7. The topological polar surface area (TPSA) is 27.9 Å². The molecule has 4 nitrogen and oxygen atoms in total. The Morgan fingerprint density at radius 1 is 0.282 bits per heavy atom. The average Bonchev–Trinajstić information content (AvgIpc) is 4.30. The van der Waals surface area contributed by atoms with E-state index in [1.807, 2.05) is 0 Å². The number of aromatic nitrogens is 3. The minimum absolute atomic E-state index is 0.708. The van der Waals surface area contributed by atoms with Gasteiger partial charge in [0.1, 0.15) is 16.8 Å². The minimum atomic E-state index is 0.708. The van der Waals surface area contributed by atoms with Gasteiger partial charge in [-0.05, 0) is 160 Å². The molecule has 1 aliphatic carbocycles. The van der Waals surface area contributed by atoms with E-state index in [1.165, 1.54) is 120 Å². The van der Waals surface area contributed by atoms with E-state index in [0.717, 1.165) is 55.7 Å². The van der Waals surface area contributed by atoms with Gasteiger partial charge in [-0.25, -0.2) is 0 Å². The smallest absolute Gasteiger partial charge is 0.135 e. The van der Waals surface area contributed by atoms with Crippen molar-refractivity contribution in [1.82, 2.24) is 13.7 Å². The highest BCUT2D eigenvalue weighted by Crippen LogP contribution is 2.45. The monoisotopic (exact) mass is 999 g/mol. The fraction of sp³-hybridized carbons (Fsp3) is 0.0811. The number of nitrogens with zero attached hydrogens (tertiary/aromatic N) is 3. The summed E-state index contributed by atoms with van der Waals surface area (Å²) in [6, 6.07) is 94.0. The highest BCUT2D eigenvalue weighted by Gasteiger charge is 2.25. The van der Waals surface area contributed by atoms with Gasteiger partial charge in [-0.2, -0.15) is 0 Å². The van der Waals surface area contributed by atoms with E-state index in [4.69, 9.17) is 4.42 Å². The minimum Gasteiger partial charge on any atom is -0.456 e. The van der Waals surface area contributed by atoms with Crippen molar-refractivity contribution < 1.29 is 4.42 Å². The van der Waals surface area contributed by atoms with Crippen LogP contribution in [0.2, 0.25) is 0 Å². The van der Waals surface area contributed by atoms with Crippen molar-refractivity contribution in [2.24, 2.45) is 0 Å². The van der Waals surface area contributed by atoms with Gasteiger partial charge in [-0.1, -0.05) is 183 Å². The van der Waals surface area contributed by atoms with Crippen LogP contribution < -0.4 is 0 Å². The molecule has 1 fully saturated rings. The van der Waals surface area contributed by atoms with Crippen molar-refractivity contribution in [3.63, 3.8) is 0 Å². The summed E-state index contributed by atoms with van der Waals surface area (Å²) < 4.78 is 14.0. The molecule has 0 bridgehead atoms. The number of fused-ring (bicyclic) bond motifs is 11. The van der Waals surface area contributed by atoms with Gasteiger partial charge in [-0.15, -0.1) is 0 Å². The summed E-state index contributed by atoms with van der Waals surface area (Å²) in [5, 5.41) is 8.27. The van der Waals surface area contributed by atoms with Gasteiger partial charge in [0.15, 0.2) is 0 Å². The third-order valence-electron chi connectivity index (χ3n) is 17.0. The number of benzene rings is 11. The quantitative estimate of drug-likeness (QED) is 0.149. The SMILES string of the molecule is c1ccc(-c2ccc3oc4ccc(-n5c6cc(-n7c8ccccc8c8cc(-c9cccc(-c%10cccc(-c%11ccc(C%12CCCCC%12)cc%11)c%10)c9)ccc87)ccc6c6c7ccccc7n(-c7ccccc7)c65)cc4c3c2)cc1. The first kappa shape index (κ1) is 44.6. The van der Waals surface area contributed by atoms with Crippen LogP contribution in [0.5, 0.6) is 0 Å². The highest BCUT2D eigenvalue weighted by atomic mass is 16.3. The van der Waals surface area contributed by atoms with Gasteiger partial charge in [-0.3, -0.25) is 9.13 Å². The lowest BCUT2D eigenvalue weighted by Gasteiger charge is -2.22. The van der Waals surface area contributed by atoms with Gasteiger partial charge >= 0.3 is 0 Å². The molecule has 0 spiro atoms. The Morgan fingerprint density at radius 2 is 0.769 bits per heavy atom. The van der Waals surface area contributed by atoms with Gasteiger partial charge < -0.3 is 8.98 Å². The van der Waals surface area contributed by atoms with E-state index >= 15 is 0 Å². The van der Waals surface area contributed by atoms with Gasteiger partial charge in [0.05, 0.1) is 22.1 Å². The maximum Gasteiger partial charge on any atom is 0.135 e. The zero-order valence-corrected chi connectivity index (χ0v) is 43.1. The standard InChI is InChI=1S/C74H53N3O/c1-4-16-48(17-5-1)50-30-32-51(33-31-50)52-20-14-21-53(42-52)54-22-15-23-55(43-54)57-34-39-69-64(44-57)61-26-10-12-28-67(61)75(69)60-36-38-63-70(47-60)77(74-73(63)62-27-11-13-29-68(62)76(74)58-24-8-3-9-25-58)59-37-41-72-66(46-59)65-45-56(35-40-71(65)78-72)49-18-6-2-7-19-49/h2-3,6-15,18-48H,1,4-5,16-17H2. The Balaban J connectivity index is 0.843. The molecule has 0 radical (unpaired) electrons. The molecule has 0 atom stereocenters. The number of rotatable bonds is 8. The van der Waals surface area contributed by atoms with Gasteiger partial charge in [0, 0.05) is 54.8 Å². The maximum atomic E-state index is 6.56. The molecule has 0 saturated heterocycles.